The molecule has 1 nitrogen and oxygen atoms in total. The predicted molar refractivity (Wildman–Crippen MR) is 70.0 cm³/mol. The van der Waals surface area contributed by atoms with Crippen LogP contribution in [0, 0.1) is 24.1 Å². The third-order valence-electron chi connectivity index (χ3n) is 5.05. The van der Waals surface area contributed by atoms with E-state index in [1.165, 1.54) is 6.42 Å². The number of hydrogen-bond acceptors (Lipinski definition) is 1. The molecule has 0 bridgehead atoms. The Hall–Kier alpha value is -0.890. The van der Waals surface area contributed by atoms with Crippen LogP contribution < -0.4 is 0 Å². The summed E-state index contributed by atoms with van der Waals surface area (Å²) in [6, 6.07) is 3.20. The van der Waals surface area contributed by atoms with Gasteiger partial charge in [0, 0.05) is 0 Å². The summed E-state index contributed by atoms with van der Waals surface area (Å²) >= 11 is 0. The molecule has 3 atom stereocenters. The van der Waals surface area contributed by atoms with Gasteiger partial charge in [-0.15, -0.1) is 0 Å². The first-order valence-electron chi connectivity index (χ1n) is 6.90. The van der Waals surface area contributed by atoms with Crippen LogP contribution in [0.1, 0.15) is 61.8 Å². The van der Waals surface area contributed by atoms with E-state index in [9.17, 15) is 9.50 Å². The Morgan fingerprint density at radius 2 is 2.06 bits per heavy atom. The Morgan fingerprint density at radius 1 is 1.33 bits per heavy atom. The molecule has 2 aliphatic rings. The van der Waals surface area contributed by atoms with E-state index in [1.807, 2.05) is 6.92 Å². The number of benzene rings is 1. The number of fused-ring (bicyclic) bond motifs is 3. The average Bonchev–Trinajstić information content (AvgIpc) is 2.53. The van der Waals surface area contributed by atoms with Gasteiger partial charge in [0.1, 0.15) is 5.82 Å². The third kappa shape index (κ3) is 1.55. The predicted octanol–water partition coefficient (Wildman–Crippen LogP) is 4.09. The first kappa shape index (κ1) is 12.2. The molecule has 0 aliphatic heterocycles. The van der Waals surface area contributed by atoms with E-state index in [4.69, 9.17) is 0 Å². The molecule has 1 fully saturated rings. The van der Waals surface area contributed by atoms with Gasteiger partial charge in [-0.2, -0.15) is 0 Å². The molecule has 2 heteroatoms. The van der Waals surface area contributed by atoms with Gasteiger partial charge in [-0.3, -0.25) is 0 Å². The van der Waals surface area contributed by atoms with Crippen LogP contribution in [0.3, 0.4) is 0 Å². The van der Waals surface area contributed by atoms with Gasteiger partial charge >= 0.3 is 0 Å². The summed E-state index contributed by atoms with van der Waals surface area (Å²) in [6.45, 7) is 6.42. The van der Waals surface area contributed by atoms with Crippen LogP contribution in [-0.4, -0.2) is 5.11 Å². The number of aryl methyl sites for hydroxylation is 1. The van der Waals surface area contributed by atoms with Crippen LogP contribution in [0.25, 0.3) is 0 Å². The molecule has 0 saturated heterocycles. The minimum atomic E-state index is -0.398. The highest BCUT2D eigenvalue weighted by Crippen LogP contribution is 2.59. The van der Waals surface area contributed by atoms with Crippen molar-refractivity contribution in [2.24, 2.45) is 11.3 Å². The fourth-order valence-electron chi connectivity index (χ4n) is 4.34. The van der Waals surface area contributed by atoms with Gasteiger partial charge < -0.3 is 5.11 Å². The number of halogens is 1. The Bertz CT molecular complexity index is 492. The van der Waals surface area contributed by atoms with Crippen molar-refractivity contribution in [2.75, 3.05) is 0 Å². The van der Waals surface area contributed by atoms with Crippen LogP contribution in [0.15, 0.2) is 12.1 Å². The second-order valence-electron chi connectivity index (χ2n) is 6.69. The second kappa shape index (κ2) is 3.80. The lowest BCUT2D eigenvalue weighted by molar-refractivity contribution is 0.0442. The van der Waals surface area contributed by atoms with E-state index >= 15 is 0 Å². The Morgan fingerprint density at radius 3 is 2.78 bits per heavy atom. The fourth-order valence-corrected chi connectivity index (χ4v) is 4.34. The second-order valence-corrected chi connectivity index (χ2v) is 6.69. The van der Waals surface area contributed by atoms with E-state index in [2.05, 4.69) is 13.8 Å². The highest BCUT2D eigenvalue weighted by atomic mass is 19.1. The van der Waals surface area contributed by atoms with Crippen LogP contribution in [-0.2, 0) is 0 Å². The molecule has 1 aromatic carbocycles. The molecular formula is C16H21FO. The SMILES string of the molecule is Cc1cc(F)cc2c1[C@@H](O)[C@H]1CCCC(C)(C)[C@@H]21. The summed E-state index contributed by atoms with van der Waals surface area (Å²) in [5, 5.41) is 10.6. The maximum atomic E-state index is 13.7. The molecule has 0 unspecified atom stereocenters. The van der Waals surface area contributed by atoms with Gasteiger partial charge in [0.2, 0.25) is 0 Å². The van der Waals surface area contributed by atoms with Crippen molar-refractivity contribution in [3.05, 3.63) is 34.6 Å². The summed E-state index contributed by atoms with van der Waals surface area (Å²) in [7, 11) is 0. The lowest BCUT2D eigenvalue weighted by Gasteiger charge is -2.41. The molecule has 98 valence electrons. The zero-order valence-electron chi connectivity index (χ0n) is 11.3. The van der Waals surface area contributed by atoms with Crippen molar-refractivity contribution in [1.82, 2.24) is 0 Å². The number of aliphatic hydroxyl groups excluding tert-OH is 1. The summed E-state index contributed by atoms with van der Waals surface area (Å²) in [4.78, 5) is 0. The van der Waals surface area contributed by atoms with E-state index in [1.54, 1.807) is 12.1 Å². The summed E-state index contributed by atoms with van der Waals surface area (Å²) in [5.41, 5.74) is 3.13. The molecule has 0 spiro atoms. The van der Waals surface area contributed by atoms with Crippen LogP contribution in [0.5, 0.6) is 0 Å². The molecule has 0 radical (unpaired) electrons. The topological polar surface area (TPSA) is 20.2 Å². The average molecular weight is 248 g/mol. The Balaban J connectivity index is 2.19. The van der Waals surface area contributed by atoms with Crippen molar-refractivity contribution in [3.8, 4) is 0 Å². The van der Waals surface area contributed by atoms with Crippen LogP contribution in [0.2, 0.25) is 0 Å². The quantitative estimate of drug-likeness (QED) is 0.733. The molecule has 1 saturated carbocycles. The largest absolute Gasteiger partial charge is 0.388 e. The van der Waals surface area contributed by atoms with Crippen LogP contribution in [0.4, 0.5) is 4.39 Å². The standard InChI is InChI=1S/C16H21FO/c1-9-7-10(17)8-12-13(9)15(18)11-5-4-6-16(2,3)14(11)12/h7-8,11,14-15,18H,4-6H2,1-3H3/t11-,14+,15-/m0/s1. The molecule has 18 heavy (non-hydrogen) atoms. The van der Waals surface area contributed by atoms with Crippen molar-refractivity contribution < 1.29 is 9.50 Å². The van der Waals surface area contributed by atoms with E-state index in [0.717, 1.165) is 29.5 Å². The minimum absolute atomic E-state index is 0.162. The molecule has 0 aromatic heterocycles. The Labute approximate surface area is 108 Å². The highest BCUT2D eigenvalue weighted by Gasteiger charge is 2.49. The van der Waals surface area contributed by atoms with Crippen LogP contribution >= 0.6 is 0 Å². The van der Waals surface area contributed by atoms with Crippen molar-refractivity contribution in [3.63, 3.8) is 0 Å². The van der Waals surface area contributed by atoms with Gasteiger partial charge in [-0.1, -0.05) is 20.3 Å². The molecule has 0 amide bonds. The first-order valence-corrected chi connectivity index (χ1v) is 6.90. The monoisotopic (exact) mass is 248 g/mol. The first-order chi connectivity index (χ1) is 8.42. The van der Waals surface area contributed by atoms with E-state index in [0.29, 0.717) is 5.92 Å². The van der Waals surface area contributed by atoms with Gasteiger partial charge in [-0.25, -0.2) is 4.39 Å². The summed E-state index contributed by atoms with van der Waals surface area (Å²) in [6.07, 6.45) is 2.99. The fraction of sp³-hybridized carbons (Fsp3) is 0.625. The normalized spacial score (nSPS) is 33.1. The van der Waals surface area contributed by atoms with Crippen molar-refractivity contribution in [2.45, 2.75) is 52.1 Å². The maximum absolute atomic E-state index is 13.7. The zero-order valence-corrected chi connectivity index (χ0v) is 11.3. The summed E-state index contributed by atoms with van der Waals surface area (Å²) < 4.78 is 13.7. The highest BCUT2D eigenvalue weighted by molar-refractivity contribution is 5.45. The molecular weight excluding hydrogens is 227 g/mol. The van der Waals surface area contributed by atoms with Crippen molar-refractivity contribution in [1.29, 1.82) is 0 Å². The molecule has 3 rings (SSSR count). The summed E-state index contributed by atoms with van der Waals surface area (Å²) in [5.74, 6) is 0.426. The van der Waals surface area contributed by atoms with E-state index in [-0.39, 0.29) is 17.2 Å². The molecule has 0 heterocycles. The number of aliphatic hydroxyl groups is 1. The lowest BCUT2D eigenvalue weighted by Crippen LogP contribution is -2.31. The van der Waals surface area contributed by atoms with Gasteiger partial charge in [0.15, 0.2) is 0 Å². The number of rotatable bonds is 0. The van der Waals surface area contributed by atoms with E-state index < -0.39 is 6.10 Å². The Kier molecular flexibility index (Phi) is 2.57. The van der Waals surface area contributed by atoms with Crippen molar-refractivity contribution >= 4 is 0 Å². The molecule has 1 aromatic rings. The molecule has 1 N–H and O–H groups in total. The zero-order chi connectivity index (χ0) is 13.1. The third-order valence-corrected chi connectivity index (χ3v) is 5.05. The smallest absolute Gasteiger partial charge is 0.123 e. The maximum Gasteiger partial charge on any atom is 0.123 e. The molecule has 2 aliphatic carbocycles. The van der Waals surface area contributed by atoms with Gasteiger partial charge in [-0.05, 0) is 65.8 Å². The number of hydrogen-bond donors (Lipinski definition) is 1. The van der Waals surface area contributed by atoms with Gasteiger partial charge in [0.25, 0.3) is 0 Å². The lowest BCUT2D eigenvalue weighted by atomic mass is 9.63. The van der Waals surface area contributed by atoms with Gasteiger partial charge in [0.05, 0.1) is 6.10 Å². The minimum Gasteiger partial charge on any atom is -0.388 e.